The summed E-state index contributed by atoms with van der Waals surface area (Å²) in [7, 11) is 0. The summed E-state index contributed by atoms with van der Waals surface area (Å²) in [5, 5.41) is 14.7. The van der Waals surface area contributed by atoms with Gasteiger partial charge in [-0.15, -0.1) is 0 Å². The minimum absolute atomic E-state index is 0.125. The Bertz CT molecular complexity index is 922. The first kappa shape index (κ1) is 23.0. The number of nitrogens with zero attached hydrogens (tertiary/aromatic N) is 6. The van der Waals surface area contributed by atoms with E-state index in [4.69, 9.17) is 15.3 Å². The van der Waals surface area contributed by atoms with E-state index in [1.165, 1.54) is 0 Å². The van der Waals surface area contributed by atoms with Gasteiger partial charge in [0.1, 0.15) is 6.29 Å². The normalized spacial score (nSPS) is 13.6. The predicted molar refractivity (Wildman–Crippen MR) is 122 cm³/mol. The molecule has 0 aromatic carbocycles. The van der Waals surface area contributed by atoms with Gasteiger partial charge < -0.3 is 4.79 Å². The minimum atomic E-state index is -1.06. The first-order valence-corrected chi connectivity index (χ1v) is 10.8. The SMILES string of the molecule is CC(C)(C)c1ccn(C(CC=O)(n2ccc(C(C)(C)C)n2)n2ccc(C(C)(C)C)n2)n1. The lowest BCUT2D eigenvalue weighted by molar-refractivity contribution is -0.111. The molecular formula is C24H36N6O. The van der Waals surface area contributed by atoms with Gasteiger partial charge in [-0.25, -0.2) is 14.0 Å². The second-order valence-corrected chi connectivity index (χ2v) is 11.3. The zero-order valence-corrected chi connectivity index (χ0v) is 20.3. The van der Waals surface area contributed by atoms with Crippen molar-refractivity contribution in [3.8, 4) is 0 Å². The van der Waals surface area contributed by atoms with E-state index in [0.29, 0.717) is 0 Å². The van der Waals surface area contributed by atoms with Crippen LogP contribution in [0, 0.1) is 0 Å². The Kier molecular flexibility index (Phi) is 5.53. The molecule has 0 unspecified atom stereocenters. The van der Waals surface area contributed by atoms with Crippen molar-refractivity contribution >= 4 is 6.29 Å². The highest BCUT2D eigenvalue weighted by Gasteiger charge is 2.41. The fourth-order valence-electron chi connectivity index (χ4n) is 3.48. The third-order valence-corrected chi connectivity index (χ3v) is 5.53. The highest BCUT2D eigenvalue weighted by molar-refractivity contribution is 5.51. The first-order valence-electron chi connectivity index (χ1n) is 10.8. The van der Waals surface area contributed by atoms with Gasteiger partial charge in [0, 0.05) is 34.8 Å². The maximum Gasteiger partial charge on any atom is 0.255 e. The summed E-state index contributed by atoms with van der Waals surface area (Å²) in [6.07, 6.45) is 6.80. The molecule has 3 aromatic rings. The number of hydrogen-bond acceptors (Lipinski definition) is 4. The number of aromatic nitrogens is 6. The van der Waals surface area contributed by atoms with Crippen molar-refractivity contribution < 1.29 is 4.79 Å². The summed E-state index contributed by atoms with van der Waals surface area (Å²) in [6.45, 7) is 19.1. The molecule has 0 saturated heterocycles. The molecule has 7 heteroatoms. The van der Waals surface area contributed by atoms with Crippen LogP contribution >= 0.6 is 0 Å². The Morgan fingerprint density at radius 2 is 0.935 bits per heavy atom. The molecule has 0 amide bonds. The van der Waals surface area contributed by atoms with Crippen molar-refractivity contribution in [3.05, 3.63) is 53.9 Å². The maximum absolute atomic E-state index is 12.0. The third kappa shape index (κ3) is 4.23. The van der Waals surface area contributed by atoms with Crippen LogP contribution in [0.25, 0.3) is 0 Å². The molecule has 0 aliphatic heterocycles. The van der Waals surface area contributed by atoms with Gasteiger partial charge in [0.25, 0.3) is 5.79 Å². The van der Waals surface area contributed by atoms with E-state index in [1.807, 2.05) is 50.8 Å². The smallest absolute Gasteiger partial charge is 0.255 e. The Morgan fingerprint density at radius 1 is 0.645 bits per heavy atom. The monoisotopic (exact) mass is 424 g/mol. The summed E-state index contributed by atoms with van der Waals surface area (Å²) in [5.41, 5.74) is 2.44. The van der Waals surface area contributed by atoms with Gasteiger partial charge >= 0.3 is 0 Å². The summed E-state index contributed by atoms with van der Waals surface area (Å²) in [4.78, 5) is 12.0. The maximum atomic E-state index is 12.0. The van der Waals surface area contributed by atoms with Crippen LogP contribution in [0.15, 0.2) is 36.8 Å². The standard InChI is InChI=1S/C24H36N6O/c1-21(2,3)18-10-14-28(25-18)24(13-17-31,29-15-11-19(26-29)22(4,5)6)30-16-12-20(27-30)23(7,8)9/h10-12,14-17H,13H2,1-9H3. The van der Waals surface area contributed by atoms with Crippen LogP contribution < -0.4 is 0 Å². The highest BCUT2D eigenvalue weighted by atomic mass is 16.1. The summed E-state index contributed by atoms with van der Waals surface area (Å²) in [6, 6.07) is 6.01. The molecule has 0 N–H and O–H groups in total. The van der Waals surface area contributed by atoms with Gasteiger partial charge in [0.2, 0.25) is 0 Å². The van der Waals surface area contributed by atoms with E-state index in [-0.39, 0.29) is 22.7 Å². The van der Waals surface area contributed by atoms with Crippen molar-refractivity contribution in [2.45, 2.75) is 90.8 Å². The molecule has 0 aliphatic carbocycles. The third-order valence-electron chi connectivity index (χ3n) is 5.53. The second-order valence-electron chi connectivity index (χ2n) is 11.3. The van der Waals surface area contributed by atoms with Gasteiger partial charge in [-0.05, 0) is 18.2 Å². The van der Waals surface area contributed by atoms with E-state index < -0.39 is 5.79 Å². The summed E-state index contributed by atoms with van der Waals surface area (Å²) < 4.78 is 5.46. The average Bonchev–Trinajstić information content (AvgIpc) is 3.38. The van der Waals surface area contributed by atoms with E-state index in [9.17, 15) is 4.79 Å². The molecule has 0 bridgehead atoms. The molecule has 0 atom stereocenters. The Morgan fingerprint density at radius 3 is 1.13 bits per heavy atom. The quantitative estimate of drug-likeness (QED) is 0.567. The van der Waals surface area contributed by atoms with Crippen LogP contribution in [0.4, 0.5) is 0 Å². The van der Waals surface area contributed by atoms with Gasteiger partial charge in [-0.1, -0.05) is 62.3 Å². The Hall–Kier alpha value is -2.70. The molecule has 3 aromatic heterocycles. The summed E-state index contributed by atoms with van der Waals surface area (Å²) in [5.74, 6) is -1.06. The second kappa shape index (κ2) is 7.46. The number of hydrogen-bond donors (Lipinski definition) is 0. The Balaban J connectivity index is 2.30. The van der Waals surface area contributed by atoms with Gasteiger partial charge in [-0.2, -0.15) is 15.3 Å². The molecule has 0 aliphatic rings. The van der Waals surface area contributed by atoms with Gasteiger partial charge in [0.05, 0.1) is 23.5 Å². The van der Waals surface area contributed by atoms with E-state index in [0.717, 1.165) is 23.4 Å². The lowest BCUT2D eigenvalue weighted by atomic mass is 9.93. The zero-order valence-electron chi connectivity index (χ0n) is 20.3. The van der Waals surface area contributed by atoms with E-state index in [1.54, 1.807) is 0 Å². The van der Waals surface area contributed by atoms with Crippen LogP contribution in [-0.2, 0) is 26.8 Å². The van der Waals surface area contributed by atoms with E-state index >= 15 is 0 Å². The molecular weight excluding hydrogens is 388 g/mol. The molecule has 7 nitrogen and oxygen atoms in total. The number of carbonyl (C=O) groups is 1. The lowest BCUT2D eigenvalue weighted by Crippen LogP contribution is -2.50. The van der Waals surface area contributed by atoms with Crippen LogP contribution in [0.3, 0.4) is 0 Å². The molecule has 3 rings (SSSR count). The van der Waals surface area contributed by atoms with E-state index in [2.05, 4.69) is 62.3 Å². The number of rotatable bonds is 5. The van der Waals surface area contributed by atoms with Gasteiger partial charge in [-0.3, -0.25) is 0 Å². The molecule has 168 valence electrons. The van der Waals surface area contributed by atoms with Crippen molar-refractivity contribution in [2.75, 3.05) is 0 Å². The van der Waals surface area contributed by atoms with Gasteiger partial charge in [0.15, 0.2) is 0 Å². The largest absolute Gasteiger partial charge is 0.303 e. The first-order chi connectivity index (χ1) is 14.2. The molecule has 0 radical (unpaired) electrons. The number of aldehydes is 1. The highest BCUT2D eigenvalue weighted by Crippen LogP contribution is 2.31. The fraction of sp³-hybridized carbons (Fsp3) is 0.583. The lowest BCUT2D eigenvalue weighted by Gasteiger charge is -2.34. The van der Waals surface area contributed by atoms with Crippen LogP contribution in [0.5, 0.6) is 0 Å². The van der Waals surface area contributed by atoms with Crippen molar-refractivity contribution in [1.29, 1.82) is 0 Å². The van der Waals surface area contributed by atoms with Crippen LogP contribution in [0.2, 0.25) is 0 Å². The van der Waals surface area contributed by atoms with Crippen LogP contribution in [0.1, 0.15) is 85.8 Å². The minimum Gasteiger partial charge on any atom is -0.303 e. The van der Waals surface area contributed by atoms with Crippen molar-refractivity contribution in [1.82, 2.24) is 29.3 Å². The number of carbonyl (C=O) groups excluding carboxylic acids is 1. The molecule has 0 fully saturated rings. The fourth-order valence-corrected chi connectivity index (χ4v) is 3.48. The predicted octanol–water partition coefficient (Wildman–Crippen LogP) is 4.46. The molecule has 3 heterocycles. The molecule has 31 heavy (non-hydrogen) atoms. The Labute approximate surface area is 185 Å². The van der Waals surface area contributed by atoms with Crippen molar-refractivity contribution in [3.63, 3.8) is 0 Å². The van der Waals surface area contributed by atoms with Crippen LogP contribution in [-0.4, -0.2) is 35.6 Å². The zero-order chi connectivity index (χ0) is 23.2. The summed E-state index contributed by atoms with van der Waals surface area (Å²) >= 11 is 0. The van der Waals surface area contributed by atoms with Crippen molar-refractivity contribution in [2.24, 2.45) is 0 Å². The molecule has 0 saturated carbocycles. The topological polar surface area (TPSA) is 70.5 Å². The molecule has 0 spiro atoms. The average molecular weight is 425 g/mol.